The molecule has 0 aromatic heterocycles. The Kier molecular flexibility index (Phi) is 6.57. The summed E-state index contributed by atoms with van der Waals surface area (Å²) in [6.45, 7) is 9.64. The fourth-order valence-corrected chi connectivity index (χ4v) is 2.75. The third kappa shape index (κ3) is 5.66. The Labute approximate surface area is 140 Å². The molecule has 0 aliphatic rings. The summed E-state index contributed by atoms with van der Waals surface area (Å²) in [5.74, 6) is 0. The molecule has 2 rings (SSSR count). The van der Waals surface area contributed by atoms with Gasteiger partial charge < -0.3 is 5.11 Å². The molecule has 23 heavy (non-hydrogen) atoms. The molecule has 0 saturated heterocycles. The van der Waals surface area contributed by atoms with Crippen molar-refractivity contribution < 1.29 is 5.11 Å². The number of hydrogen-bond acceptors (Lipinski definition) is 2. The van der Waals surface area contributed by atoms with Gasteiger partial charge in [-0.2, -0.15) is 0 Å². The zero-order valence-corrected chi connectivity index (χ0v) is 14.2. The molecule has 0 bridgehead atoms. The van der Waals surface area contributed by atoms with Crippen molar-refractivity contribution in [2.45, 2.75) is 45.5 Å². The normalized spacial score (nSPS) is 13.7. The average Bonchev–Trinajstić information content (AvgIpc) is 2.55. The third-order valence-corrected chi connectivity index (χ3v) is 4.15. The number of benzene rings is 2. The predicted molar refractivity (Wildman–Crippen MR) is 97.0 cm³/mol. The average molecular weight is 309 g/mol. The van der Waals surface area contributed by atoms with E-state index < -0.39 is 6.10 Å². The van der Waals surface area contributed by atoms with E-state index in [0.29, 0.717) is 6.42 Å². The molecular formula is C21H27NO. The van der Waals surface area contributed by atoms with Gasteiger partial charge in [0, 0.05) is 19.1 Å². The molecule has 2 aromatic carbocycles. The summed E-state index contributed by atoms with van der Waals surface area (Å²) in [5, 5.41) is 10.5. The Morgan fingerprint density at radius 2 is 1.39 bits per heavy atom. The summed E-state index contributed by atoms with van der Waals surface area (Å²) in [5.41, 5.74) is 3.54. The molecule has 2 aromatic rings. The van der Waals surface area contributed by atoms with Crippen molar-refractivity contribution in [2.24, 2.45) is 0 Å². The van der Waals surface area contributed by atoms with Gasteiger partial charge >= 0.3 is 0 Å². The van der Waals surface area contributed by atoms with Gasteiger partial charge in [-0.25, -0.2) is 0 Å². The smallest absolute Gasteiger partial charge is 0.0729 e. The lowest BCUT2D eigenvalue weighted by atomic mass is 10.0. The van der Waals surface area contributed by atoms with Gasteiger partial charge in [-0.1, -0.05) is 66.2 Å². The van der Waals surface area contributed by atoms with Gasteiger partial charge in [-0.3, -0.25) is 4.90 Å². The highest BCUT2D eigenvalue weighted by atomic mass is 16.3. The maximum Gasteiger partial charge on any atom is 0.0729 e. The minimum atomic E-state index is -0.403. The number of rotatable bonds is 8. The summed E-state index contributed by atoms with van der Waals surface area (Å²) in [4.78, 5) is 2.33. The second-order valence-corrected chi connectivity index (χ2v) is 6.35. The number of nitrogens with zero attached hydrogens (tertiary/aromatic N) is 1. The van der Waals surface area contributed by atoms with E-state index in [-0.39, 0.29) is 6.04 Å². The van der Waals surface area contributed by atoms with Crippen LogP contribution in [0.15, 0.2) is 72.8 Å². The first-order valence-electron chi connectivity index (χ1n) is 8.20. The van der Waals surface area contributed by atoms with Crippen molar-refractivity contribution in [1.29, 1.82) is 0 Å². The molecule has 2 heteroatoms. The van der Waals surface area contributed by atoms with E-state index >= 15 is 0 Å². The molecule has 1 N–H and O–H groups in total. The van der Waals surface area contributed by atoms with Gasteiger partial charge in [-0.15, -0.1) is 6.58 Å². The Morgan fingerprint density at radius 3 is 1.78 bits per heavy atom. The lowest BCUT2D eigenvalue weighted by Crippen LogP contribution is -2.40. The van der Waals surface area contributed by atoms with Crippen LogP contribution < -0.4 is 0 Å². The molecule has 122 valence electrons. The van der Waals surface area contributed by atoms with E-state index in [0.717, 1.165) is 18.7 Å². The van der Waals surface area contributed by atoms with Gasteiger partial charge in [0.2, 0.25) is 0 Å². The Morgan fingerprint density at radius 1 is 0.957 bits per heavy atom. The van der Waals surface area contributed by atoms with Gasteiger partial charge in [-0.05, 0) is 31.4 Å². The quantitative estimate of drug-likeness (QED) is 0.730. The first-order chi connectivity index (χ1) is 11.1. The van der Waals surface area contributed by atoms with Crippen molar-refractivity contribution in [3.63, 3.8) is 0 Å². The Hall–Kier alpha value is -1.90. The molecule has 0 unspecified atom stereocenters. The van der Waals surface area contributed by atoms with Crippen LogP contribution in [0.1, 0.15) is 31.4 Å². The highest BCUT2D eigenvalue weighted by Crippen LogP contribution is 2.18. The lowest BCUT2D eigenvalue weighted by molar-refractivity contribution is 0.0495. The number of aliphatic hydroxyl groups is 1. The summed E-state index contributed by atoms with van der Waals surface area (Å²) in [6, 6.07) is 20.9. The summed E-state index contributed by atoms with van der Waals surface area (Å²) < 4.78 is 0. The van der Waals surface area contributed by atoms with E-state index in [1.165, 1.54) is 11.1 Å². The number of hydrogen-bond donors (Lipinski definition) is 1. The standard InChI is InChI=1S/C21H27NO/c1-17(2)14-21(23)18(3)22(15-19-10-6-4-7-11-19)16-20-12-8-5-9-13-20/h4-13,18,21,23H,1,14-16H2,2-3H3/t18-,21+/m0/s1. The molecular weight excluding hydrogens is 282 g/mol. The molecule has 2 atom stereocenters. The SMILES string of the molecule is C=C(C)C[C@@H](O)[C@H](C)N(Cc1ccccc1)Cc1ccccc1. The maximum atomic E-state index is 10.5. The van der Waals surface area contributed by atoms with Crippen LogP contribution in [0, 0.1) is 0 Å². The fraction of sp³-hybridized carbons (Fsp3) is 0.333. The molecule has 0 amide bonds. The van der Waals surface area contributed by atoms with Gasteiger partial charge in [0.25, 0.3) is 0 Å². The van der Waals surface area contributed by atoms with E-state index in [4.69, 9.17) is 0 Å². The van der Waals surface area contributed by atoms with Gasteiger partial charge in [0.15, 0.2) is 0 Å². The molecule has 0 heterocycles. The van der Waals surface area contributed by atoms with E-state index in [1.54, 1.807) is 0 Å². The van der Waals surface area contributed by atoms with Crippen molar-refractivity contribution in [1.82, 2.24) is 4.90 Å². The molecule has 0 fully saturated rings. The third-order valence-electron chi connectivity index (χ3n) is 4.15. The Bertz CT molecular complexity index is 552. The largest absolute Gasteiger partial charge is 0.391 e. The molecule has 0 radical (unpaired) electrons. The van der Waals surface area contributed by atoms with Crippen LogP contribution in [0.2, 0.25) is 0 Å². The van der Waals surface area contributed by atoms with Gasteiger partial charge in [0.1, 0.15) is 0 Å². The van der Waals surface area contributed by atoms with Crippen molar-refractivity contribution in [3.05, 3.63) is 83.9 Å². The first kappa shape index (κ1) is 17.5. The van der Waals surface area contributed by atoms with Crippen molar-refractivity contribution in [2.75, 3.05) is 0 Å². The van der Waals surface area contributed by atoms with E-state index in [9.17, 15) is 5.11 Å². The first-order valence-corrected chi connectivity index (χ1v) is 8.20. The van der Waals surface area contributed by atoms with Crippen LogP contribution in [-0.4, -0.2) is 22.2 Å². The molecule has 0 aliphatic heterocycles. The summed E-state index contributed by atoms with van der Waals surface area (Å²) >= 11 is 0. The van der Waals surface area contributed by atoms with Crippen molar-refractivity contribution >= 4 is 0 Å². The highest BCUT2D eigenvalue weighted by molar-refractivity contribution is 5.17. The zero-order valence-electron chi connectivity index (χ0n) is 14.2. The van der Waals surface area contributed by atoms with E-state index in [1.807, 2.05) is 19.1 Å². The number of aliphatic hydroxyl groups excluding tert-OH is 1. The summed E-state index contributed by atoms with van der Waals surface area (Å²) in [6.07, 6.45) is 0.237. The summed E-state index contributed by atoms with van der Waals surface area (Å²) in [7, 11) is 0. The molecule has 0 saturated carbocycles. The highest BCUT2D eigenvalue weighted by Gasteiger charge is 2.22. The molecule has 2 nitrogen and oxygen atoms in total. The zero-order chi connectivity index (χ0) is 16.7. The van der Waals surface area contributed by atoms with Crippen LogP contribution in [0.5, 0.6) is 0 Å². The lowest BCUT2D eigenvalue weighted by Gasteiger charge is -2.32. The predicted octanol–water partition coefficient (Wildman–Crippen LogP) is 4.40. The van der Waals surface area contributed by atoms with Crippen molar-refractivity contribution in [3.8, 4) is 0 Å². The molecule has 0 spiro atoms. The minimum absolute atomic E-state index is 0.0621. The van der Waals surface area contributed by atoms with Crippen LogP contribution in [0.3, 0.4) is 0 Å². The minimum Gasteiger partial charge on any atom is -0.391 e. The van der Waals surface area contributed by atoms with Crippen LogP contribution >= 0.6 is 0 Å². The van der Waals surface area contributed by atoms with Crippen LogP contribution in [0.4, 0.5) is 0 Å². The second kappa shape index (κ2) is 8.66. The monoisotopic (exact) mass is 309 g/mol. The van der Waals surface area contributed by atoms with Crippen LogP contribution in [0.25, 0.3) is 0 Å². The second-order valence-electron chi connectivity index (χ2n) is 6.35. The topological polar surface area (TPSA) is 23.5 Å². The van der Waals surface area contributed by atoms with Gasteiger partial charge in [0.05, 0.1) is 6.10 Å². The fourth-order valence-electron chi connectivity index (χ4n) is 2.75. The van der Waals surface area contributed by atoms with Crippen LogP contribution in [-0.2, 0) is 13.1 Å². The Balaban J connectivity index is 2.14. The maximum absolute atomic E-state index is 10.5. The molecule has 0 aliphatic carbocycles. The van der Waals surface area contributed by atoms with E-state index in [2.05, 4.69) is 66.9 Å².